The van der Waals surface area contributed by atoms with Gasteiger partial charge in [-0.2, -0.15) is 26.3 Å². The van der Waals surface area contributed by atoms with E-state index in [2.05, 4.69) is 4.90 Å². The first-order chi connectivity index (χ1) is 16.4. The highest BCUT2D eigenvalue weighted by Crippen LogP contribution is 2.49. The summed E-state index contributed by atoms with van der Waals surface area (Å²) in [5, 5.41) is 0. The van der Waals surface area contributed by atoms with Gasteiger partial charge in [-0.25, -0.2) is 0 Å². The van der Waals surface area contributed by atoms with Gasteiger partial charge in [-0.05, 0) is 50.5 Å². The zero-order valence-corrected chi connectivity index (χ0v) is 20.5. The number of alkyl halides is 6. The lowest BCUT2D eigenvalue weighted by Gasteiger charge is -2.42. The molecule has 0 aromatic heterocycles. The summed E-state index contributed by atoms with van der Waals surface area (Å²) >= 11 is 0. The van der Waals surface area contributed by atoms with Gasteiger partial charge < -0.3 is 9.80 Å². The number of carbonyl (C=O) groups excluding carboxylic acids is 2. The number of hydrogen-bond acceptors (Lipinski definition) is 3. The van der Waals surface area contributed by atoms with Gasteiger partial charge in [0.05, 0.1) is 5.54 Å². The summed E-state index contributed by atoms with van der Waals surface area (Å²) in [5.41, 5.74) is 0.147. The van der Waals surface area contributed by atoms with E-state index in [9.17, 15) is 35.9 Å². The Morgan fingerprint density at radius 2 is 1.25 bits per heavy atom. The van der Waals surface area contributed by atoms with Crippen molar-refractivity contribution in [1.29, 1.82) is 0 Å². The van der Waals surface area contributed by atoms with Crippen LogP contribution in [0.4, 0.5) is 26.3 Å². The van der Waals surface area contributed by atoms with Crippen molar-refractivity contribution in [2.24, 2.45) is 0 Å². The molecule has 2 amide bonds. The van der Waals surface area contributed by atoms with Crippen molar-refractivity contribution in [2.45, 2.75) is 74.9 Å². The molecule has 2 spiro atoms. The lowest BCUT2D eigenvalue weighted by molar-refractivity contribution is -0.191. The van der Waals surface area contributed by atoms with E-state index in [1.165, 1.54) is 0 Å². The molecule has 0 bridgehead atoms. The van der Waals surface area contributed by atoms with Crippen LogP contribution < -0.4 is 0 Å². The quantitative estimate of drug-likeness (QED) is 0.498. The minimum atomic E-state index is -4.77. The Balaban J connectivity index is 0.000000210. The first-order valence-corrected chi connectivity index (χ1v) is 11.9. The maximum atomic E-state index is 12.6. The number of benzene rings is 1. The van der Waals surface area contributed by atoms with E-state index in [0.717, 1.165) is 47.6 Å². The van der Waals surface area contributed by atoms with Crippen LogP contribution in [0.25, 0.3) is 0 Å². The summed E-state index contributed by atoms with van der Waals surface area (Å²) in [7, 11) is 0. The van der Waals surface area contributed by atoms with Crippen LogP contribution in [0, 0.1) is 0 Å². The summed E-state index contributed by atoms with van der Waals surface area (Å²) < 4.78 is 74.6. The number of hydrogen-bond donors (Lipinski definition) is 0. The van der Waals surface area contributed by atoms with E-state index < -0.39 is 35.2 Å². The fourth-order valence-corrected chi connectivity index (χ4v) is 5.31. The molecule has 2 saturated carbocycles. The van der Waals surface area contributed by atoms with Crippen LogP contribution in [-0.4, -0.2) is 76.1 Å². The zero-order valence-electron chi connectivity index (χ0n) is 19.7. The van der Waals surface area contributed by atoms with Crippen LogP contribution in [0.3, 0.4) is 0 Å². The highest BCUT2D eigenvalue weighted by Gasteiger charge is 2.58. The number of piperazine rings is 1. The third-order valence-electron chi connectivity index (χ3n) is 7.46. The van der Waals surface area contributed by atoms with Gasteiger partial charge >= 0.3 is 24.2 Å². The largest absolute Gasteiger partial charge is 0.471 e. The third kappa shape index (κ3) is 6.27. The molecule has 5 nitrogen and oxygen atoms in total. The maximum absolute atomic E-state index is 12.6. The zero-order chi connectivity index (χ0) is 25.5. The van der Waals surface area contributed by atoms with Crippen molar-refractivity contribution >= 4 is 24.2 Å². The molecule has 36 heavy (non-hydrogen) atoms. The molecule has 0 unspecified atom stereocenters. The van der Waals surface area contributed by atoms with E-state index in [1.807, 2.05) is 30.3 Å². The van der Waals surface area contributed by atoms with Gasteiger partial charge in [-0.15, -0.1) is 12.4 Å². The Labute approximate surface area is 212 Å². The molecule has 2 aliphatic carbocycles. The van der Waals surface area contributed by atoms with Crippen molar-refractivity contribution in [1.82, 2.24) is 14.7 Å². The lowest BCUT2D eigenvalue weighted by atomic mass is 10.00. The molecular formula is C24H30ClF6N3O2. The molecule has 0 atom stereocenters. The van der Waals surface area contributed by atoms with E-state index in [-0.39, 0.29) is 25.5 Å². The molecule has 0 N–H and O–H groups in total. The normalized spacial score (nSPS) is 22.4. The molecule has 1 aromatic rings. The number of nitrogens with zero attached hydrogens (tertiary/aromatic N) is 3. The standard InChI is InChI=1S/C15H17F3N2O.C9H12F3NO.ClH/c16-15(17,18)13(21)20-9-8-19(11-14(20)6-7-14)10-12-4-2-1-3-5-12;10-9(11,12)7(14)13-6-2-1-3-8(13)4-5-8;/h1-5H,6-11H2;1-6H2;1H. The Morgan fingerprint density at radius 1 is 0.722 bits per heavy atom. The molecule has 5 rings (SSSR count). The van der Waals surface area contributed by atoms with Crippen LogP contribution in [-0.2, 0) is 16.1 Å². The molecule has 2 heterocycles. The van der Waals surface area contributed by atoms with Gasteiger partial charge in [0.2, 0.25) is 0 Å². The van der Waals surface area contributed by atoms with Crippen molar-refractivity contribution in [3.8, 4) is 0 Å². The number of amides is 2. The number of rotatable bonds is 2. The second kappa shape index (κ2) is 10.4. The van der Waals surface area contributed by atoms with Gasteiger partial charge in [0.15, 0.2) is 0 Å². The van der Waals surface area contributed by atoms with Gasteiger partial charge in [-0.3, -0.25) is 14.5 Å². The molecule has 2 saturated heterocycles. The lowest BCUT2D eigenvalue weighted by Crippen LogP contribution is -2.59. The van der Waals surface area contributed by atoms with Gasteiger partial charge in [0, 0.05) is 38.3 Å². The Bertz CT molecular complexity index is 932. The third-order valence-corrected chi connectivity index (χ3v) is 7.46. The van der Waals surface area contributed by atoms with Crippen LogP contribution in [0.1, 0.15) is 50.5 Å². The van der Waals surface area contributed by atoms with Crippen molar-refractivity contribution < 1.29 is 35.9 Å². The van der Waals surface area contributed by atoms with E-state index in [0.29, 0.717) is 32.4 Å². The molecule has 4 fully saturated rings. The van der Waals surface area contributed by atoms with Crippen LogP contribution in [0.5, 0.6) is 0 Å². The minimum Gasteiger partial charge on any atom is -0.329 e. The van der Waals surface area contributed by atoms with Gasteiger partial charge in [0.25, 0.3) is 0 Å². The summed E-state index contributed by atoms with van der Waals surface area (Å²) in [4.78, 5) is 26.8. The van der Waals surface area contributed by atoms with E-state index in [1.54, 1.807) is 0 Å². The minimum absolute atomic E-state index is 0. The first kappa shape index (κ1) is 28.6. The van der Waals surface area contributed by atoms with E-state index >= 15 is 0 Å². The van der Waals surface area contributed by atoms with Gasteiger partial charge in [0.1, 0.15) is 0 Å². The van der Waals surface area contributed by atoms with Crippen molar-refractivity contribution in [2.75, 3.05) is 26.2 Å². The fraction of sp³-hybridized carbons (Fsp3) is 0.667. The van der Waals surface area contributed by atoms with Crippen LogP contribution in [0.2, 0.25) is 0 Å². The highest BCUT2D eigenvalue weighted by molar-refractivity contribution is 5.85. The summed E-state index contributed by atoms with van der Waals surface area (Å²) in [6.07, 6.45) is -4.26. The Morgan fingerprint density at radius 3 is 1.75 bits per heavy atom. The van der Waals surface area contributed by atoms with Crippen LogP contribution >= 0.6 is 12.4 Å². The number of likely N-dealkylation sites (tertiary alicyclic amines) is 1. The average Bonchev–Trinajstić information content (AvgIpc) is 3.73. The highest BCUT2D eigenvalue weighted by atomic mass is 35.5. The second-order valence-electron chi connectivity index (χ2n) is 10.0. The fourth-order valence-electron chi connectivity index (χ4n) is 5.31. The molecule has 0 radical (unpaired) electrons. The predicted molar refractivity (Wildman–Crippen MR) is 122 cm³/mol. The SMILES string of the molecule is Cl.O=C(N1CCCCC12CC2)C(F)(F)F.O=C(N1CCN(Cc2ccccc2)CC12CC2)C(F)(F)F. The van der Waals surface area contributed by atoms with Crippen molar-refractivity contribution in [3.63, 3.8) is 0 Å². The van der Waals surface area contributed by atoms with Crippen molar-refractivity contribution in [3.05, 3.63) is 35.9 Å². The number of carbonyl (C=O) groups is 2. The molecule has 1 aromatic carbocycles. The van der Waals surface area contributed by atoms with Gasteiger partial charge in [-0.1, -0.05) is 30.3 Å². The molecule has 2 aliphatic heterocycles. The first-order valence-electron chi connectivity index (χ1n) is 11.9. The van der Waals surface area contributed by atoms with Crippen LogP contribution in [0.15, 0.2) is 30.3 Å². The Hall–Kier alpha value is -2.01. The summed E-state index contributed by atoms with van der Waals surface area (Å²) in [6.45, 7) is 2.17. The molecular weight excluding hydrogens is 512 g/mol. The average molecular weight is 542 g/mol. The maximum Gasteiger partial charge on any atom is 0.471 e. The number of piperidine rings is 1. The smallest absolute Gasteiger partial charge is 0.329 e. The number of halogens is 7. The molecule has 4 aliphatic rings. The topological polar surface area (TPSA) is 43.9 Å². The molecule has 202 valence electrons. The summed E-state index contributed by atoms with van der Waals surface area (Å²) in [5.74, 6) is -3.32. The predicted octanol–water partition coefficient (Wildman–Crippen LogP) is 4.94. The second-order valence-corrected chi connectivity index (χ2v) is 10.0. The summed E-state index contributed by atoms with van der Waals surface area (Å²) in [6, 6.07) is 9.85. The molecule has 12 heteroatoms. The monoisotopic (exact) mass is 541 g/mol. The van der Waals surface area contributed by atoms with E-state index in [4.69, 9.17) is 0 Å². The Kier molecular flexibility index (Phi) is 8.25.